The van der Waals surface area contributed by atoms with Gasteiger partial charge in [0.25, 0.3) is 0 Å². The molecule has 0 unspecified atom stereocenters. The molecule has 138 valence electrons. The molecule has 4 nitrogen and oxygen atoms in total. The van der Waals surface area contributed by atoms with Gasteiger partial charge in [-0.2, -0.15) is 5.10 Å². The van der Waals surface area contributed by atoms with Gasteiger partial charge in [-0.3, -0.25) is 9.89 Å². The highest BCUT2D eigenvalue weighted by Gasteiger charge is 2.24. The molecule has 1 aliphatic rings. The van der Waals surface area contributed by atoms with Crippen molar-refractivity contribution < 1.29 is 4.79 Å². The predicted molar refractivity (Wildman–Crippen MR) is 110 cm³/mol. The lowest BCUT2D eigenvalue weighted by Gasteiger charge is -2.17. The Hall–Kier alpha value is -2.88. The number of hydrogen-bond acceptors (Lipinski definition) is 2. The first-order valence-corrected chi connectivity index (χ1v) is 9.46. The predicted octanol–water partition coefficient (Wildman–Crippen LogP) is 5.41. The first kappa shape index (κ1) is 17.5. The molecule has 27 heavy (non-hydrogen) atoms. The molecular weight excluding hydrogens is 334 g/mol. The van der Waals surface area contributed by atoms with E-state index in [4.69, 9.17) is 0 Å². The lowest BCUT2D eigenvalue weighted by Crippen LogP contribution is -2.15. The van der Waals surface area contributed by atoms with Crippen molar-refractivity contribution in [3.63, 3.8) is 0 Å². The van der Waals surface area contributed by atoms with E-state index in [1.165, 1.54) is 16.7 Å². The van der Waals surface area contributed by atoms with Gasteiger partial charge in [-0.05, 0) is 29.5 Å². The van der Waals surface area contributed by atoms with Crippen molar-refractivity contribution in [1.82, 2.24) is 10.2 Å². The average molecular weight is 359 g/mol. The summed E-state index contributed by atoms with van der Waals surface area (Å²) in [7, 11) is 0. The SMILES string of the molecule is CC(C)(C)CCC(=O)Nc1ccc(-c2n[nH]c3c2Cc2ccccc2-3)cc1. The number of carbonyl (C=O) groups is 1. The van der Waals surface area contributed by atoms with Crippen molar-refractivity contribution in [1.29, 1.82) is 0 Å². The maximum absolute atomic E-state index is 12.1. The molecule has 0 bridgehead atoms. The van der Waals surface area contributed by atoms with Gasteiger partial charge >= 0.3 is 0 Å². The maximum atomic E-state index is 12.1. The van der Waals surface area contributed by atoms with Crippen molar-refractivity contribution >= 4 is 11.6 Å². The number of fused-ring (bicyclic) bond motifs is 3. The Morgan fingerprint density at radius 3 is 2.59 bits per heavy atom. The number of nitrogens with one attached hydrogen (secondary N) is 2. The third-order valence-corrected chi connectivity index (χ3v) is 5.07. The molecule has 2 aromatic carbocycles. The number of anilines is 1. The lowest BCUT2D eigenvalue weighted by molar-refractivity contribution is -0.116. The van der Waals surface area contributed by atoms with Crippen LogP contribution < -0.4 is 5.32 Å². The van der Waals surface area contributed by atoms with Gasteiger partial charge in [-0.15, -0.1) is 0 Å². The molecule has 1 aliphatic carbocycles. The summed E-state index contributed by atoms with van der Waals surface area (Å²) in [5.41, 5.74) is 8.00. The van der Waals surface area contributed by atoms with Crippen LogP contribution in [0.25, 0.3) is 22.5 Å². The van der Waals surface area contributed by atoms with Crippen molar-refractivity contribution in [3.8, 4) is 22.5 Å². The number of hydrogen-bond donors (Lipinski definition) is 2. The fourth-order valence-corrected chi connectivity index (χ4v) is 3.53. The number of nitrogens with zero attached hydrogens (tertiary/aromatic N) is 1. The number of H-pyrrole nitrogens is 1. The minimum atomic E-state index is 0.0637. The molecule has 4 heteroatoms. The van der Waals surface area contributed by atoms with Crippen LogP contribution in [0.1, 0.15) is 44.7 Å². The monoisotopic (exact) mass is 359 g/mol. The molecule has 1 heterocycles. The van der Waals surface area contributed by atoms with Crippen molar-refractivity contribution in [3.05, 3.63) is 59.7 Å². The highest BCUT2D eigenvalue weighted by molar-refractivity contribution is 5.91. The van der Waals surface area contributed by atoms with Crippen LogP contribution in [0.3, 0.4) is 0 Å². The Bertz CT molecular complexity index is 978. The summed E-state index contributed by atoms with van der Waals surface area (Å²) in [4.78, 5) is 12.1. The smallest absolute Gasteiger partial charge is 0.224 e. The van der Waals surface area contributed by atoms with E-state index in [-0.39, 0.29) is 11.3 Å². The Labute approximate surface area is 160 Å². The summed E-state index contributed by atoms with van der Waals surface area (Å²) in [5, 5.41) is 10.7. The quantitative estimate of drug-likeness (QED) is 0.512. The van der Waals surface area contributed by atoms with E-state index in [0.29, 0.717) is 6.42 Å². The molecule has 0 atom stereocenters. The van der Waals surface area contributed by atoms with Gasteiger partial charge in [0.05, 0.1) is 11.4 Å². The zero-order valence-electron chi connectivity index (χ0n) is 16.1. The second-order valence-corrected chi connectivity index (χ2v) is 8.45. The highest BCUT2D eigenvalue weighted by atomic mass is 16.1. The molecule has 0 saturated carbocycles. The Kier molecular flexibility index (Phi) is 4.34. The van der Waals surface area contributed by atoms with Gasteiger partial charge in [0.2, 0.25) is 5.91 Å². The summed E-state index contributed by atoms with van der Waals surface area (Å²) in [6.45, 7) is 6.45. The summed E-state index contributed by atoms with van der Waals surface area (Å²) >= 11 is 0. The van der Waals surface area contributed by atoms with Crippen LogP contribution >= 0.6 is 0 Å². The Balaban J connectivity index is 1.48. The minimum absolute atomic E-state index is 0.0637. The second-order valence-electron chi connectivity index (χ2n) is 8.45. The van der Waals surface area contributed by atoms with E-state index in [1.807, 2.05) is 24.3 Å². The van der Waals surface area contributed by atoms with Gasteiger partial charge in [-0.25, -0.2) is 0 Å². The zero-order valence-corrected chi connectivity index (χ0v) is 16.1. The average Bonchev–Trinajstić information content (AvgIpc) is 3.19. The maximum Gasteiger partial charge on any atom is 0.224 e. The summed E-state index contributed by atoms with van der Waals surface area (Å²) in [6.07, 6.45) is 2.32. The van der Waals surface area contributed by atoms with Gasteiger partial charge in [0.1, 0.15) is 0 Å². The van der Waals surface area contributed by atoms with Crippen LogP contribution in [0.4, 0.5) is 5.69 Å². The van der Waals surface area contributed by atoms with E-state index in [0.717, 1.165) is 35.5 Å². The second kappa shape index (κ2) is 6.69. The molecule has 1 aromatic heterocycles. The van der Waals surface area contributed by atoms with Crippen molar-refractivity contribution in [2.75, 3.05) is 5.32 Å². The molecule has 4 rings (SSSR count). The van der Waals surface area contributed by atoms with E-state index in [2.05, 4.69) is 60.6 Å². The molecule has 0 spiro atoms. The first-order chi connectivity index (χ1) is 12.9. The van der Waals surface area contributed by atoms with Crippen LogP contribution in [0, 0.1) is 5.41 Å². The lowest BCUT2D eigenvalue weighted by atomic mass is 9.90. The molecule has 0 saturated heterocycles. The Morgan fingerprint density at radius 2 is 1.85 bits per heavy atom. The van der Waals surface area contributed by atoms with Crippen molar-refractivity contribution in [2.24, 2.45) is 5.41 Å². The topological polar surface area (TPSA) is 57.8 Å². The van der Waals surface area contributed by atoms with Crippen LogP contribution in [0.5, 0.6) is 0 Å². The minimum Gasteiger partial charge on any atom is -0.326 e. The van der Waals surface area contributed by atoms with E-state index in [9.17, 15) is 4.79 Å². The highest BCUT2D eigenvalue weighted by Crippen LogP contribution is 2.39. The fourth-order valence-electron chi connectivity index (χ4n) is 3.53. The molecular formula is C23H25N3O. The largest absolute Gasteiger partial charge is 0.326 e. The number of aromatic nitrogens is 2. The summed E-state index contributed by atoms with van der Waals surface area (Å²) in [5.74, 6) is 0.0637. The van der Waals surface area contributed by atoms with Crippen LogP contribution in [-0.2, 0) is 11.2 Å². The van der Waals surface area contributed by atoms with Crippen LogP contribution in [0.15, 0.2) is 48.5 Å². The Morgan fingerprint density at radius 1 is 1.11 bits per heavy atom. The molecule has 0 aliphatic heterocycles. The molecule has 0 fully saturated rings. The third kappa shape index (κ3) is 3.65. The normalized spacial score (nSPS) is 12.6. The first-order valence-electron chi connectivity index (χ1n) is 9.46. The van der Waals surface area contributed by atoms with Gasteiger partial charge < -0.3 is 5.32 Å². The third-order valence-electron chi connectivity index (χ3n) is 5.07. The number of aromatic amines is 1. The molecule has 1 amide bonds. The van der Waals surface area contributed by atoms with Crippen molar-refractivity contribution in [2.45, 2.75) is 40.0 Å². The molecule has 0 radical (unpaired) electrons. The molecule has 3 aromatic rings. The number of benzene rings is 2. The van der Waals surface area contributed by atoms with Gasteiger partial charge in [-0.1, -0.05) is 57.2 Å². The van der Waals surface area contributed by atoms with Gasteiger partial charge in [0.15, 0.2) is 0 Å². The summed E-state index contributed by atoms with van der Waals surface area (Å²) in [6, 6.07) is 16.4. The number of amides is 1. The van der Waals surface area contributed by atoms with Crippen LogP contribution in [-0.4, -0.2) is 16.1 Å². The number of rotatable bonds is 4. The fraction of sp³-hybridized carbons (Fsp3) is 0.304. The van der Waals surface area contributed by atoms with Crippen LogP contribution in [0.2, 0.25) is 0 Å². The number of carbonyl (C=O) groups excluding carboxylic acids is 1. The van der Waals surface area contributed by atoms with E-state index in [1.54, 1.807) is 0 Å². The zero-order chi connectivity index (χ0) is 19.0. The standard InChI is InChI=1S/C23H25N3O/c1-23(2,3)13-12-20(27)24-17-10-8-15(9-11-17)21-19-14-16-6-4-5-7-18(16)22(19)26-25-21/h4-11H,12-14H2,1-3H3,(H,24,27)(H,25,26). The molecule has 2 N–H and O–H groups in total. The van der Waals surface area contributed by atoms with Gasteiger partial charge in [0, 0.05) is 35.2 Å². The van der Waals surface area contributed by atoms with E-state index < -0.39 is 0 Å². The van der Waals surface area contributed by atoms with E-state index >= 15 is 0 Å². The summed E-state index contributed by atoms with van der Waals surface area (Å²) < 4.78 is 0.